The summed E-state index contributed by atoms with van der Waals surface area (Å²) >= 11 is 12.3. The summed E-state index contributed by atoms with van der Waals surface area (Å²) in [5, 5.41) is 3.79. The first-order valence-electron chi connectivity index (χ1n) is 10.1. The molecule has 2 amide bonds. The van der Waals surface area contributed by atoms with Gasteiger partial charge in [0.05, 0.1) is 6.42 Å². The average molecular weight is 453 g/mol. The predicted octanol–water partition coefficient (Wildman–Crippen LogP) is 5.40. The van der Waals surface area contributed by atoms with E-state index in [4.69, 9.17) is 23.2 Å². The third-order valence-corrected chi connectivity index (χ3v) is 5.46. The maximum atomic E-state index is 14.1. The summed E-state index contributed by atoms with van der Waals surface area (Å²) in [6.45, 7) is 4.55. The molecule has 0 saturated carbocycles. The smallest absolute Gasteiger partial charge is 0.242 e. The van der Waals surface area contributed by atoms with E-state index < -0.39 is 11.9 Å². The van der Waals surface area contributed by atoms with Crippen LogP contribution in [0.25, 0.3) is 0 Å². The van der Waals surface area contributed by atoms with Crippen LogP contribution in [0.1, 0.15) is 44.2 Å². The van der Waals surface area contributed by atoms with Crippen LogP contribution in [-0.2, 0) is 22.6 Å². The van der Waals surface area contributed by atoms with Crippen molar-refractivity contribution in [3.05, 3.63) is 69.5 Å². The van der Waals surface area contributed by atoms with Gasteiger partial charge in [0.1, 0.15) is 11.9 Å². The van der Waals surface area contributed by atoms with Gasteiger partial charge in [-0.3, -0.25) is 9.59 Å². The highest BCUT2D eigenvalue weighted by molar-refractivity contribution is 6.35. The summed E-state index contributed by atoms with van der Waals surface area (Å²) in [7, 11) is 0. The standard InChI is InChI=1S/C23H27Cl2FN2O2/c1-3-5-12-27-23(30)21(4-2)28(15-17-10-11-18(24)14-19(17)25)22(29)13-16-8-6-7-9-20(16)26/h6-11,14,21H,3-5,12-13,15H2,1-2H3,(H,27,30)/t21-/m1/s1. The van der Waals surface area contributed by atoms with E-state index in [0.29, 0.717) is 28.6 Å². The Hall–Kier alpha value is -2.11. The lowest BCUT2D eigenvalue weighted by molar-refractivity contribution is -0.141. The molecule has 1 atom stereocenters. The number of carbonyl (C=O) groups excluding carboxylic acids is 2. The molecule has 0 aliphatic heterocycles. The van der Waals surface area contributed by atoms with E-state index in [-0.39, 0.29) is 30.3 Å². The maximum Gasteiger partial charge on any atom is 0.242 e. The topological polar surface area (TPSA) is 49.4 Å². The number of nitrogens with zero attached hydrogens (tertiary/aromatic N) is 1. The molecule has 0 aliphatic carbocycles. The van der Waals surface area contributed by atoms with Gasteiger partial charge in [0.15, 0.2) is 0 Å². The number of hydrogen-bond donors (Lipinski definition) is 1. The van der Waals surface area contributed by atoms with E-state index in [2.05, 4.69) is 5.32 Å². The van der Waals surface area contributed by atoms with Gasteiger partial charge in [-0.15, -0.1) is 0 Å². The van der Waals surface area contributed by atoms with Crippen molar-refractivity contribution in [1.82, 2.24) is 10.2 Å². The molecule has 2 rings (SSSR count). The van der Waals surface area contributed by atoms with Crippen molar-refractivity contribution in [2.24, 2.45) is 0 Å². The predicted molar refractivity (Wildman–Crippen MR) is 119 cm³/mol. The number of hydrogen-bond acceptors (Lipinski definition) is 2. The first-order chi connectivity index (χ1) is 14.4. The van der Waals surface area contributed by atoms with Crippen LogP contribution in [0.4, 0.5) is 4.39 Å². The third-order valence-electron chi connectivity index (χ3n) is 4.87. The number of amides is 2. The minimum absolute atomic E-state index is 0.128. The molecule has 0 heterocycles. The number of carbonyl (C=O) groups is 2. The summed E-state index contributed by atoms with van der Waals surface area (Å²) in [6, 6.07) is 10.5. The molecule has 0 saturated heterocycles. The highest BCUT2D eigenvalue weighted by atomic mass is 35.5. The van der Waals surface area contributed by atoms with Crippen LogP contribution in [0, 0.1) is 5.82 Å². The number of halogens is 3. The molecule has 0 bridgehead atoms. The minimum atomic E-state index is -0.687. The molecular formula is C23H27Cl2FN2O2. The van der Waals surface area contributed by atoms with E-state index in [0.717, 1.165) is 12.8 Å². The molecule has 0 unspecified atom stereocenters. The molecule has 0 aromatic heterocycles. The minimum Gasteiger partial charge on any atom is -0.354 e. The molecule has 0 fully saturated rings. The van der Waals surface area contributed by atoms with Gasteiger partial charge in [0.25, 0.3) is 0 Å². The monoisotopic (exact) mass is 452 g/mol. The Morgan fingerprint density at radius 3 is 2.47 bits per heavy atom. The molecular weight excluding hydrogens is 426 g/mol. The van der Waals surface area contributed by atoms with Crippen LogP contribution in [0.2, 0.25) is 10.0 Å². The average Bonchev–Trinajstić information content (AvgIpc) is 2.71. The zero-order valence-corrected chi connectivity index (χ0v) is 18.8. The number of rotatable bonds is 10. The van der Waals surface area contributed by atoms with Crippen LogP contribution in [0.15, 0.2) is 42.5 Å². The summed E-state index contributed by atoms with van der Waals surface area (Å²) in [6.07, 6.45) is 2.09. The van der Waals surface area contributed by atoms with Crippen molar-refractivity contribution in [1.29, 1.82) is 0 Å². The molecule has 7 heteroatoms. The van der Waals surface area contributed by atoms with Crippen LogP contribution in [0.3, 0.4) is 0 Å². The highest BCUT2D eigenvalue weighted by Crippen LogP contribution is 2.24. The zero-order chi connectivity index (χ0) is 22.1. The van der Waals surface area contributed by atoms with Crippen molar-refractivity contribution >= 4 is 35.0 Å². The van der Waals surface area contributed by atoms with Gasteiger partial charge in [0, 0.05) is 23.1 Å². The summed E-state index contributed by atoms with van der Waals surface area (Å²) < 4.78 is 14.1. The van der Waals surface area contributed by atoms with Gasteiger partial charge in [-0.1, -0.05) is 67.7 Å². The molecule has 2 aromatic rings. The fourth-order valence-electron chi connectivity index (χ4n) is 3.17. The summed E-state index contributed by atoms with van der Waals surface area (Å²) in [5.74, 6) is -1.02. The molecule has 30 heavy (non-hydrogen) atoms. The van der Waals surface area contributed by atoms with Crippen molar-refractivity contribution in [3.8, 4) is 0 Å². The van der Waals surface area contributed by atoms with Gasteiger partial charge in [-0.2, -0.15) is 0 Å². The Morgan fingerprint density at radius 2 is 1.83 bits per heavy atom. The van der Waals surface area contributed by atoms with Crippen LogP contribution in [0.5, 0.6) is 0 Å². The summed E-state index contributed by atoms with van der Waals surface area (Å²) in [4.78, 5) is 27.5. The lowest BCUT2D eigenvalue weighted by Crippen LogP contribution is -2.49. The van der Waals surface area contributed by atoms with E-state index in [1.807, 2.05) is 13.8 Å². The second kappa shape index (κ2) is 11.9. The molecule has 0 radical (unpaired) electrons. The van der Waals surface area contributed by atoms with E-state index in [9.17, 15) is 14.0 Å². The Morgan fingerprint density at radius 1 is 1.10 bits per heavy atom. The Balaban J connectivity index is 2.30. The van der Waals surface area contributed by atoms with Gasteiger partial charge < -0.3 is 10.2 Å². The van der Waals surface area contributed by atoms with Gasteiger partial charge >= 0.3 is 0 Å². The van der Waals surface area contributed by atoms with Crippen molar-refractivity contribution in [2.75, 3.05) is 6.54 Å². The Labute approximate surface area is 187 Å². The first-order valence-corrected chi connectivity index (χ1v) is 10.9. The summed E-state index contributed by atoms with van der Waals surface area (Å²) in [5.41, 5.74) is 0.957. The lowest BCUT2D eigenvalue weighted by atomic mass is 10.1. The quantitative estimate of drug-likeness (QED) is 0.490. The molecule has 0 spiro atoms. The molecule has 2 aromatic carbocycles. The lowest BCUT2D eigenvalue weighted by Gasteiger charge is -2.31. The van der Waals surface area contributed by atoms with Crippen molar-refractivity contribution < 1.29 is 14.0 Å². The molecule has 1 N–H and O–H groups in total. The molecule has 0 aliphatic rings. The first kappa shape index (κ1) is 24.2. The number of unbranched alkanes of at least 4 members (excludes halogenated alkanes) is 1. The van der Waals surface area contributed by atoms with E-state index in [1.165, 1.54) is 11.0 Å². The fraction of sp³-hybridized carbons (Fsp3) is 0.391. The van der Waals surface area contributed by atoms with Crippen LogP contribution >= 0.6 is 23.2 Å². The number of nitrogens with one attached hydrogen (secondary N) is 1. The van der Waals surface area contributed by atoms with E-state index in [1.54, 1.807) is 36.4 Å². The SMILES string of the molecule is CCCCNC(=O)[C@@H](CC)N(Cc1ccc(Cl)cc1Cl)C(=O)Cc1ccccc1F. The maximum absolute atomic E-state index is 14.1. The van der Waals surface area contributed by atoms with Crippen LogP contribution in [-0.4, -0.2) is 29.3 Å². The Bertz CT molecular complexity index is 876. The highest BCUT2D eigenvalue weighted by Gasteiger charge is 2.29. The van der Waals surface area contributed by atoms with Crippen molar-refractivity contribution in [2.45, 2.75) is 52.1 Å². The third kappa shape index (κ3) is 6.71. The second-order valence-corrected chi connectivity index (χ2v) is 7.94. The van der Waals surface area contributed by atoms with Crippen molar-refractivity contribution in [3.63, 3.8) is 0 Å². The van der Waals surface area contributed by atoms with Gasteiger partial charge in [-0.05, 0) is 42.2 Å². The normalized spacial score (nSPS) is 11.8. The largest absolute Gasteiger partial charge is 0.354 e. The second-order valence-electron chi connectivity index (χ2n) is 7.09. The fourth-order valence-corrected chi connectivity index (χ4v) is 3.63. The zero-order valence-electron chi connectivity index (χ0n) is 17.3. The van der Waals surface area contributed by atoms with Crippen LogP contribution < -0.4 is 5.32 Å². The molecule has 162 valence electrons. The molecule has 4 nitrogen and oxygen atoms in total. The number of benzene rings is 2. The van der Waals surface area contributed by atoms with Gasteiger partial charge in [-0.25, -0.2) is 4.39 Å². The van der Waals surface area contributed by atoms with E-state index >= 15 is 0 Å². The Kier molecular flexibility index (Phi) is 9.60. The van der Waals surface area contributed by atoms with Gasteiger partial charge in [0.2, 0.25) is 11.8 Å².